The lowest BCUT2D eigenvalue weighted by atomic mass is 10.3. The minimum atomic E-state index is 0.289. The first-order valence-electron chi connectivity index (χ1n) is 5.45. The molecule has 0 unspecified atom stereocenters. The van der Waals surface area contributed by atoms with E-state index in [1.165, 1.54) is 19.3 Å². The number of hydrogen-bond donors (Lipinski definition) is 1. The summed E-state index contributed by atoms with van der Waals surface area (Å²) in [6.07, 6.45) is 3.65. The molecule has 1 rings (SSSR count). The molecule has 1 aromatic heterocycles. The summed E-state index contributed by atoms with van der Waals surface area (Å²) in [5.74, 6) is 1.94. The van der Waals surface area contributed by atoms with Gasteiger partial charge in [-0.15, -0.1) is 0 Å². The molecular formula is C10H19N5S. The van der Waals surface area contributed by atoms with Crippen molar-refractivity contribution in [2.45, 2.75) is 31.3 Å². The lowest BCUT2D eigenvalue weighted by Gasteiger charge is -2.10. The Kier molecular flexibility index (Phi) is 5.31. The molecule has 2 N–H and O–H groups in total. The highest BCUT2D eigenvalue weighted by Gasteiger charge is 2.06. The van der Waals surface area contributed by atoms with Crippen LogP contribution in [0.2, 0.25) is 0 Å². The second kappa shape index (κ2) is 6.52. The maximum atomic E-state index is 5.63. The van der Waals surface area contributed by atoms with Crippen LogP contribution >= 0.6 is 11.8 Å². The van der Waals surface area contributed by atoms with Crippen LogP contribution in [0.15, 0.2) is 5.16 Å². The predicted octanol–water partition coefficient (Wildman–Crippen LogP) is 1.80. The van der Waals surface area contributed by atoms with Crippen LogP contribution in [0, 0.1) is 0 Å². The van der Waals surface area contributed by atoms with Gasteiger partial charge in [-0.05, 0) is 6.42 Å². The fraction of sp³-hybridized carbons (Fsp3) is 0.700. The molecule has 0 fully saturated rings. The van der Waals surface area contributed by atoms with Gasteiger partial charge in [0.2, 0.25) is 11.9 Å². The summed E-state index contributed by atoms with van der Waals surface area (Å²) in [6, 6.07) is 0. The van der Waals surface area contributed by atoms with Crippen molar-refractivity contribution in [1.29, 1.82) is 0 Å². The number of rotatable bonds is 6. The minimum absolute atomic E-state index is 0.289. The average molecular weight is 241 g/mol. The molecule has 5 nitrogen and oxygen atoms in total. The van der Waals surface area contributed by atoms with Gasteiger partial charge in [0.15, 0.2) is 5.16 Å². The van der Waals surface area contributed by atoms with Gasteiger partial charge in [-0.3, -0.25) is 0 Å². The molecule has 0 spiro atoms. The molecule has 16 heavy (non-hydrogen) atoms. The van der Waals surface area contributed by atoms with Gasteiger partial charge < -0.3 is 10.6 Å². The van der Waals surface area contributed by atoms with Crippen molar-refractivity contribution in [1.82, 2.24) is 15.0 Å². The summed E-state index contributed by atoms with van der Waals surface area (Å²) in [7, 11) is 3.78. The zero-order chi connectivity index (χ0) is 12.0. The molecule has 1 heterocycles. The molecule has 0 saturated heterocycles. The Morgan fingerprint density at radius 1 is 1.19 bits per heavy atom. The Labute approximate surface area is 101 Å². The van der Waals surface area contributed by atoms with Gasteiger partial charge in [0.05, 0.1) is 0 Å². The van der Waals surface area contributed by atoms with Gasteiger partial charge in [-0.1, -0.05) is 31.5 Å². The normalized spacial score (nSPS) is 10.4. The van der Waals surface area contributed by atoms with Crippen LogP contribution in [0.25, 0.3) is 0 Å². The van der Waals surface area contributed by atoms with E-state index in [0.717, 1.165) is 5.75 Å². The smallest absolute Gasteiger partial charge is 0.230 e. The molecular weight excluding hydrogens is 222 g/mol. The Morgan fingerprint density at radius 3 is 2.56 bits per heavy atom. The largest absolute Gasteiger partial charge is 0.368 e. The number of nitrogens with zero attached hydrogens (tertiary/aromatic N) is 4. The number of nitrogens with two attached hydrogens (primary N) is 1. The highest BCUT2D eigenvalue weighted by molar-refractivity contribution is 7.99. The second-order valence-corrected chi connectivity index (χ2v) is 4.79. The third kappa shape index (κ3) is 4.22. The maximum Gasteiger partial charge on any atom is 0.230 e. The van der Waals surface area contributed by atoms with Crippen molar-refractivity contribution < 1.29 is 0 Å². The number of anilines is 2. The van der Waals surface area contributed by atoms with Crippen molar-refractivity contribution in [2.24, 2.45) is 0 Å². The molecule has 0 aliphatic carbocycles. The molecule has 90 valence electrons. The number of aromatic nitrogens is 3. The number of nitrogen functional groups attached to an aromatic ring is 1. The Morgan fingerprint density at radius 2 is 1.94 bits per heavy atom. The molecule has 0 bridgehead atoms. The minimum Gasteiger partial charge on any atom is -0.368 e. The van der Waals surface area contributed by atoms with Crippen LogP contribution in [-0.2, 0) is 0 Å². The van der Waals surface area contributed by atoms with Gasteiger partial charge in [-0.25, -0.2) is 0 Å². The van der Waals surface area contributed by atoms with E-state index in [0.29, 0.717) is 11.1 Å². The monoisotopic (exact) mass is 241 g/mol. The van der Waals surface area contributed by atoms with Gasteiger partial charge in [-0.2, -0.15) is 15.0 Å². The molecule has 0 radical (unpaired) electrons. The van der Waals surface area contributed by atoms with E-state index in [1.807, 2.05) is 19.0 Å². The number of hydrogen-bond acceptors (Lipinski definition) is 6. The Balaban J connectivity index is 2.58. The molecule has 0 aromatic carbocycles. The van der Waals surface area contributed by atoms with E-state index in [9.17, 15) is 0 Å². The van der Waals surface area contributed by atoms with E-state index >= 15 is 0 Å². The lowest BCUT2D eigenvalue weighted by Crippen LogP contribution is -2.15. The third-order valence-corrected chi connectivity index (χ3v) is 2.93. The van der Waals surface area contributed by atoms with Gasteiger partial charge in [0, 0.05) is 19.8 Å². The van der Waals surface area contributed by atoms with Crippen molar-refractivity contribution in [3.05, 3.63) is 0 Å². The first-order chi connectivity index (χ1) is 7.63. The quantitative estimate of drug-likeness (QED) is 0.605. The molecule has 0 aliphatic rings. The molecule has 6 heteroatoms. The molecule has 0 saturated carbocycles. The van der Waals surface area contributed by atoms with Crippen LogP contribution < -0.4 is 10.6 Å². The number of thioether (sulfide) groups is 1. The summed E-state index contributed by atoms with van der Waals surface area (Å²) >= 11 is 1.64. The predicted molar refractivity (Wildman–Crippen MR) is 68.8 cm³/mol. The van der Waals surface area contributed by atoms with Crippen molar-refractivity contribution in [2.75, 3.05) is 30.5 Å². The summed E-state index contributed by atoms with van der Waals surface area (Å²) < 4.78 is 0. The SMILES string of the molecule is CCCCCSc1nc(N)nc(N(C)C)n1. The van der Waals surface area contributed by atoms with Crippen LogP contribution in [0.1, 0.15) is 26.2 Å². The highest BCUT2D eigenvalue weighted by Crippen LogP contribution is 2.18. The van der Waals surface area contributed by atoms with Crippen LogP contribution in [0.3, 0.4) is 0 Å². The van der Waals surface area contributed by atoms with Crippen LogP contribution in [-0.4, -0.2) is 34.8 Å². The Hall–Kier alpha value is -1.04. The molecule has 0 aliphatic heterocycles. The molecule has 1 aromatic rings. The molecule has 0 atom stereocenters. The Bertz CT molecular complexity index is 329. The first kappa shape index (κ1) is 13.0. The van der Waals surface area contributed by atoms with E-state index < -0.39 is 0 Å². The standard InChI is InChI=1S/C10H19N5S/c1-4-5-6-7-16-10-13-8(11)12-9(14-10)15(2)3/h4-7H2,1-3H3,(H2,11,12,13,14). The average Bonchev–Trinajstić information content (AvgIpc) is 2.23. The van der Waals surface area contributed by atoms with Gasteiger partial charge >= 0.3 is 0 Å². The summed E-state index contributed by atoms with van der Waals surface area (Å²) in [5.41, 5.74) is 5.63. The van der Waals surface area contributed by atoms with Crippen LogP contribution in [0.4, 0.5) is 11.9 Å². The van der Waals surface area contributed by atoms with E-state index in [1.54, 1.807) is 11.8 Å². The van der Waals surface area contributed by atoms with Crippen molar-refractivity contribution in [3.63, 3.8) is 0 Å². The van der Waals surface area contributed by atoms with E-state index in [2.05, 4.69) is 21.9 Å². The summed E-state index contributed by atoms with van der Waals surface area (Å²) in [4.78, 5) is 14.3. The number of unbranched alkanes of at least 4 members (excludes halogenated alkanes) is 2. The third-order valence-electron chi connectivity index (χ3n) is 2.00. The van der Waals surface area contributed by atoms with Crippen molar-refractivity contribution in [3.8, 4) is 0 Å². The van der Waals surface area contributed by atoms with E-state index in [4.69, 9.17) is 5.73 Å². The summed E-state index contributed by atoms with van der Waals surface area (Å²) in [6.45, 7) is 2.19. The maximum absolute atomic E-state index is 5.63. The lowest BCUT2D eigenvalue weighted by molar-refractivity contribution is 0.776. The fourth-order valence-corrected chi connectivity index (χ4v) is 1.98. The van der Waals surface area contributed by atoms with Gasteiger partial charge in [0.1, 0.15) is 0 Å². The first-order valence-corrected chi connectivity index (χ1v) is 6.43. The van der Waals surface area contributed by atoms with Gasteiger partial charge in [0.25, 0.3) is 0 Å². The summed E-state index contributed by atoms with van der Waals surface area (Å²) in [5, 5.41) is 0.715. The molecule has 0 amide bonds. The fourth-order valence-electron chi connectivity index (χ4n) is 1.14. The zero-order valence-electron chi connectivity index (χ0n) is 10.1. The second-order valence-electron chi connectivity index (χ2n) is 3.73. The van der Waals surface area contributed by atoms with Crippen LogP contribution in [0.5, 0.6) is 0 Å². The highest BCUT2D eigenvalue weighted by atomic mass is 32.2. The van der Waals surface area contributed by atoms with E-state index in [-0.39, 0.29) is 5.95 Å². The van der Waals surface area contributed by atoms with Crippen molar-refractivity contribution >= 4 is 23.7 Å². The zero-order valence-corrected chi connectivity index (χ0v) is 10.9. The topological polar surface area (TPSA) is 67.9 Å².